The van der Waals surface area contributed by atoms with Crippen LogP contribution in [-0.4, -0.2) is 59.9 Å². The average Bonchev–Trinajstić information content (AvgIpc) is 2.77. The zero-order valence-electron chi connectivity index (χ0n) is 10.1. The van der Waals surface area contributed by atoms with E-state index in [1.807, 2.05) is 0 Å². The van der Waals surface area contributed by atoms with Crippen molar-refractivity contribution in [1.82, 2.24) is 25.3 Å². The molecule has 6 heteroatoms. The number of aryl methyl sites for hydroxylation is 1. The van der Waals surface area contributed by atoms with Crippen LogP contribution in [0.4, 0.5) is 0 Å². The van der Waals surface area contributed by atoms with E-state index in [9.17, 15) is 4.79 Å². The van der Waals surface area contributed by atoms with Crippen LogP contribution < -0.4 is 10.6 Å². The van der Waals surface area contributed by atoms with Gasteiger partial charge in [-0.2, -0.15) is 5.10 Å². The quantitative estimate of drug-likeness (QED) is 0.709. The maximum atomic E-state index is 11.7. The molecule has 1 aliphatic heterocycles. The highest BCUT2D eigenvalue weighted by Gasteiger charge is 2.11. The number of carbonyl (C=O) groups excluding carboxylic acids is 1. The lowest BCUT2D eigenvalue weighted by molar-refractivity contribution is 0.0941. The zero-order chi connectivity index (χ0) is 12.1. The summed E-state index contributed by atoms with van der Waals surface area (Å²) in [5.74, 6) is -0.0965. The first-order chi connectivity index (χ1) is 8.25. The number of aromatic nitrogens is 2. The Morgan fingerprint density at radius 2 is 2.29 bits per heavy atom. The van der Waals surface area contributed by atoms with Gasteiger partial charge in [0, 0.05) is 52.5 Å². The summed E-state index contributed by atoms with van der Waals surface area (Å²) >= 11 is 0. The highest BCUT2D eigenvalue weighted by Crippen LogP contribution is 1.94. The molecule has 1 saturated heterocycles. The number of amides is 1. The highest BCUT2D eigenvalue weighted by atomic mass is 16.1. The predicted molar refractivity (Wildman–Crippen MR) is 64.9 cm³/mol. The topological polar surface area (TPSA) is 62.2 Å². The molecule has 0 atom stereocenters. The molecular weight excluding hydrogens is 218 g/mol. The normalized spacial score (nSPS) is 17.0. The SMILES string of the molecule is Cn1ccc(C(=O)NCCN2CCNCC2)n1. The van der Waals surface area contributed by atoms with E-state index in [1.165, 1.54) is 0 Å². The summed E-state index contributed by atoms with van der Waals surface area (Å²) in [5.41, 5.74) is 0.479. The lowest BCUT2D eigenvalue weighted by Gasteiger charge is -2.26. The van der Waals surface area contributed by atoms with Gasteiger partial charge in [0.2, 0.25) is 0 Å². The third-order valence-electron chi connectivity index (χ3n) is 2.87. The Hall–Kier alpha value is -1.40. The highest BCUT2D eigenvalue weighted by molar-refractivity contribution is 5.92. The third-order valence-corrected chi connectivity index (χ3v) is 2.87. The summed E-state index contributed by atoms with van der Waals surface area (Å²) in [4.78, 5) is 14.0. The molecule has 0 bridgehead atoms. The van der Waals surface area contributed by atoms with Crippen LogP contribution in [0.15, 0.2) is 12.3 Å². The van der Waals surface area contributed by atoms with E-state index in [0.717, 1.165) is 32.7 Å². The number of hydrogen-bond acceptors (Lipinski definition) is 4. The number of carbonyl (C=O) groups is 1. The average molecular weight is 237 g/mol. The molecule has 94 valence electrons. The minimum Gasteiger partial charge on any atom is -0.349 e. The number of hydrogen-bond donors (Lipinski definition) is 2. The Morgan fingerprint density at radius 1 is 1.53 bits per heavy atom. The van der Waals surface area contributed by atoms with Crippen molar-refractivity contribution in [2.45, 2.75) is 0 Å². The lowest BCUT2D eigenvalue weighted by Crippen LogP contribution is -2.46. The molecule has 1 amide bonds. The van der Waals surface area contributed by atoms with Crippen molar-refractivity contribution in [3.63, 3.8) is 0 Å². The minimum absolute atomic E-state index is 0.0965. The van der Waals surface area contributed by atoms with Crippen molar-refractivity contribution in [2.24, 2.45) is 7.05 Å². The van der Waals surface area contributed by atoms with Crippen LogP contribution in [0.3, 0.4) is 0 Å². The van der Waals surface area contributed by atoms with Crippen LogP contribution in [0.5, 0.6) is 0 Å². The van der Waals surface area contributed by atoms with Gasteiger partial charge < -0.3 is 10.6 Å². The maximum absolute atomic E-state index is 11.7. The molecule has 2 heterocycles. The van der Waals surface area contributed by atoms with Gasteiger partial charge in [-0.05, 0) is 6.07 Å². The first-order valence-corrected chi connectivity index (χ1v) is 5.96. The van der Waals surface area contributed by atoms with E-state index >= 15 is 0 Å². The van der Waals surface area contributed by atoms with Gasteiger partial charge in [-0.1, -0.05) is 0 Å². The molecule has 6 nitrogen and oxygen atoms in total. The molecule has 2 N–H and O–H groups in total. The molecule has 0 saturated carbocycles. The van der Waals surface area contributed by atoms with E-state index in [-0.39, 0.29) is 5.91 Å². The van der Waals surface area contributed by atoms with Crippen molar-refractivity contribution in [2.75, 3.05) is 39.3 Å². The van der Waals surface area contributed by atoms with Crippen molar-refractivity contribution in [1.29, 1.82) is 0 Å². The number of nitrogens with zero attached hydrogens (tertiary/aromatic N) is 3. The van der Waals surface area contributed by atoms with Crippen LogP contribution in [0, 0.1) is 0 Å². The monoisotopic (exact) mass is 237 g/mol. The molecule has 1 aromatic heterocycles. The number of nitrogens with one attached hydrogen (secondary N) is 2. The molecule has 0 aliphatic carbocycles. The molecule has 0 unspecified atom stereocenters. The second-order valence-corrected chi connectivity index (χ2v) is 4.22. The third kappa shape index (κ3) is 3.54. The molecular formula is C11H19N5O. The smallest absolute Gasteiger partial charge is 0.271 e. The summed E-state index contributed by atoms with van der Waals surface area (Å²) in [6.45, 7) is 5.76. The second kappa shape index (κ2) is 5.79. The van der Waals surface area contributed by atoms with Crippen LogP contribution in [0.1, 0.15) is 10.5 Å². The van der Waals surface area contributed by atoms with E-state index in [0.29, 0.717) is 12.2 Å². The summed E-state index contributed by atoms with van der Waals surface area (Å²) < 4.78 is 1.63. The van der Waals surface area contributed by atoms with Gasteiger partial charge >= 0.3 is 0 Å². The summed E-state index contributed by atoms with van der Waals surface area (Å²) in [5, 5.41) is 10.2. The predicted octanol–water partition coefficient (Wildman–Crippen LogP) is -0.945. The van der Waals surface area contributed by atoms with Crippen LogP contribution in [0.2, 0.25) is 0 Å². The Morgan fingerprint density at radius 3 is 2.94 bits per heavy atom. The van der Waals surface area contributed by atoms with Gasteiger partial charge in [-0.25, -0.2) is 0 Å². The standard InChI is InChI=1S/C11H19N5O/c1-15-6-2-10(14-15)11(17)13-5-9-16-7-3-12-4-8-16/h2,6,12H,3-5,7-9H2,1H3,(H,13,17). The Labute approximate surface area is 101 Å². The Kier molecular flexibility index (Phi) is 4.11. The largest absolute Gasteiger partial charge is 0.349 e. The van der Waals surface area contributed by atoms with E-state index in [4.69, 9.17) is 0 Å². The Bertz CT molecular complexity index is 370. The number of piperazine rings is 1. The second-order valence-electron chi connectivity index (χ2n) is 4.22. The van der Waals surface area contributed by atoms with Gasteiger partial charge in [-0.3, -0.25) is 14.4 Å². The molecule has 17 heavy (non-hydrogen) atoms. The molecule has 0 aromatic carbocycles. The first-order valence-electron chi connectivity index (χ1n) is 5.96. The van der Waals surface area contributed by atoms with Gasteiger partial charge in [0.1, 0.15) is 5.69 Å². The minimum atomic E-state index is -0.0965. The fourth-order valence-corrected chi connectivity index (χ4v) is 1.89. The van der Waals surface area contributed by atoms with Crippen molar-refractivity contribution >= 4 is 5.91 Å². The van der Waals surface area contributed by atoms with Crippen molar-refractivity contribution in [3.05, 3.63) is 18.0 Å². The summed E-state index contributed by atoms with van der Waals surface area (Å²) in [6, 6.07) is 1.72. The molecule has 1 aromatic rings. The molecule has 0 radical (unpaired) electrons. The molecule has 1 aliphatic rings. The van der Waals surface area contributed by atoms with Gasteiger partial charge in [0.25, 0.3) is 5.91 Å². The van der Waals surface area contributed by atoms with Crippen molar-refractivity contribution in [3.8, 4) is 0 Å². The lowest BCUT2D eigenvalue weighted by atomic mass is 10.3. The summed E-state index contributed by atoms with van der Waals surface area (Å²) in [6.07, 6.45) is 1.77. The fraction of sp³-hybridized carbons (Fsp3) is 0.636. The number of rotatable bonds is 4. The van der Waals surface area contributed by atoms with E-state index in [2.05, 4.69) is 20.6 Å². The zero-order valence-corrected chi connectivity index (χ0v) is 10.1. The van der Waals surface area contributed by atoms with Gasteiger partial charge in [0.15, 0.2) is 0 Å². The molecule has 1 fully saturated rings. The first kappa shape index (κ1) is 12.1. The fourth-order valence-electron chi connectivity index (χ4n) is 1.89. The molecule has 2 rings (SSSR count). The van der Waals surface area contributed by atoms with Gasteiger partial charge in [0.05, 0.1) is 0 Å². The van der Waals surface area contributed by atoms with Crippen LogP contribution >= 0.6 is 0 Å². The Balaban J connectivity index is 1.69. The van der Waals surface area contributed by atoms with Crippen LogP contribution in [-0.2, 0) is 7.05 Å². The van der Waals surface area contributed by atoms with E-state index in [1.54, 1.807) is 24.0 Å². The maximum Gasteiger partial charge on any atom is 0.271 e. The van der Waals surface area contributed by atoms with Gasteiger partial charge in [-0.15, -0.1) is 0 Å². The molecule has 0 spiro atoms. The van der Waals surface area contributed by atoms with Crippen molar-refractivity contribution < 1.29 is 4.79 Å². The van der Waals surface area contributed by atoms with E-state index < -0.39 is 0 Å². The van der Waals surface area contributed by atoms with Crippen LogP contribution in [0.25, 0.3) is 0 Å². The summed E-state index contributed by atoms with van der Waals surface area (Å²) in [7, 11) is 1.80.